The van der Waals surface area contributed by atoms with Gasteiger partial charge in [-0.15, -0.1) is 0 Å². The minimum Gasteiger partial charge on any atom is -0.203 e. The van der Waals surface area contributed by atoms with Crippen LogP contribution >= 0.6 is 0 Å². The zero-order valence-electron chi connectivity index (χ0n) is 13.5. The lowest BCUT2D eigenvalue weighted by Crippen LogP contribution is -2.07. The summed E-state index contributed by atoms with van der Waals surface area (Å²) in [7, 11) is 0. The first-order valence-corrected chi connectivity index (χ1v) is 7.01. The number of hydrogen-bond donors (Lipinski definition) is 0. The molecule has 0 aromatic heterocycles. The Labute approximate surface area is 127 Å². The van der Waals surface area contributed by atoms with Gasteiger partial charge in [-0.1, -0.05) is 0 Å². The molecule has 0 nitrogen and oxygen atoms in total. The highest BCUT2D eigenvalue weighted by Gasteiger charge is 2.26. The fourth-order valence-electron chi connectivity index (χ4n) is 2.74. The van der Waals surface area contributed by atoms with E-state index in [9.17, 15) is 17.6 Å². The molecule has 0 spiro atoms. The Morgan fingerprint density at radius 1 is 0.364 bits per heavy atom. The Bertz CT molecular complexity index is 663. The van der Waals surface area contributed by atoms with Gasteiger partial charge in [0.1, 0.15) is 0 Å². The van der Waals surface area contributed by atoms with Crippen molar-refractivity contribution in [2.45, 2.75) is 41.5 Å². The summed E-state index contributed by atoms with van der Waals surface area (Å²) in [6, 6.07) is 0. The summed E-state index contributed by atoms with van der Waals surface area (Å²) in [4.78, 5) is 0. The van der Waals surface area contributed by atoms with Gasteiger partial charge in [0.2, 0.25) is 0 Å². The quantitative estimate of drug-likeness (QED) is 0.587. The molecule has 0 radical (unpaired) electrons. The molecule has 0 aliphatic carbocycles. The van der Waals surface area contributed by atoms with Gasteiger partial charge in [-0.2, -0.15) is 0 Å². The van der Waals surface area contributed by atoms with Crippen molar-refractivity contribution in [3.05, 3.63) is 56.6 Å². The van der Waals surface area contributed by atoms with Crippen molar-refractivity contribution in [1.82, 2.24) is 0 Å². The Morgan fingerprint density at radius 2 is 0.636 bits per heavy atom. The molecule has 0 unspecified atom stereocenters. The molecule has 0 amide bonds. The van der Waals surface area contributed by atoms with Gasteiger partial charge in [-0.3, -0.25) is 0 Å². The molecule has 0 atom stereocenters. The largest absolute Gasteiger partial charge is 0.203 e. The van der Waals surface area contributed by atoms with E-state index in [1.54, 1.807) is 27.7 Å². The summed E-state index contributed by atoms with van der Waals surface area (Å²) in [5, 5.41) is 0. The van der Waals surface area contributed by atoms with Crippen LogP contribution in [-0.2, 0) is 0 Å². The smallest absolute Gasteiger partial charge is 0.167 e. The molecule has 0 bridgehead atoms. The van der Waals surface area contributed by atoms with Crippen molar-refractivity contribution >= 4 is 0 Å². The molecule has 2 aromatic rings. The van der Waals surface area contributed by atoms with Crippen molar-refractivity contribution in [2.75, 3.05) is 0 Å². The van der Waals surface area contributed by atoms with Crippen molar-refractivity contribution in [2.24, 2.45) is 0 Å². The van der Waals surface area contributed by atoms with Gasteiger partial charge in [0.05, 0.1) is 0 Å². The molecule has 4 heteroatoms. The number of rotatable bonds is 1. The Hall–Kier alpha value is -1.84. The fraction of sp³-hybridized carbons (Fsp3) is 0.333. The van der Waals surface area contributed by atoms with Crippen LogP contribution in [0.4, 0.5) is 17.6 Å². The molecule has 0 fully saturated rings. The molecule has 0 N–H and O–H groups in total. The number of benzene rings is 2. The summed E-state index contributed by atoms with van der Waals surface area (Å²) in [5.74, 6) is -4.30. The van der Waals surface area contributed by atoms with E-state index in [2.05, 4.69) is 0 Å². The van der Waals surface area contributed by atoms with Crippen LogP contribution in [0.3, 0.4) is 0 Å². The van der Waals surface area contributed by atoms with E-state index in [1.807, 2.05) is 0 Å². The Kier molecular flexibility index (Phi) is 4.07. The van der Waals surface area contributed by atoms with Gasteiger partial charge >= 0.3 is 0 Å². The number of hydrogen-bond acceptors (Lipinski definition) is 0. The van der Waals surface area contributed by atoms with Gasteiger partial charge in [-0.05, 0) is 74.9 Å². The second-order valence-electron chi connectivity index (χ2n) is 5.76. The zero-order chi connectivity index (χ0) is 16.9. The standard InChI is InChI=1S/C18H18F4/c1-7-9(3)13(17(21)15(19)11(7)5)14-10(4)8(2)12(6)16(20)18(14)22/h1-6H3. The second kappa shape index (κ2) is 5.41. The predicted molar refractivity (Wildman–Crippen MR) is 80.1 cm³/mol. The lowest BCUT2D eigenvalue weighted by molar-refractivity contribution is 0.493. The molecule has 0 aliphatic rings. The third-order valence-corrected chi connectivity index (χ3v) is 4.73. The van der Waals surface area contributed by atoms with E-state index in [4.69, 9.17) is 0 Å². The fourth-order valence-corrected chi connectivity index (χ4v) is 2.74. The zero-order valence-corrected chi connectivity index (χ0v) is 13.5. The van der Waals surface area contributed by atoms with Crippen molar-refractivity contribution < 1.29 is 17.6 Å². The van der Waals surface area contributed by atoms with Gasteiger partial charge in [0, 0.05) is 11.1 Å². The minimum atomic E-state index is -1.13. The van der Waals surface area contributed by atoms with E-state index in [0.29, 0.717) is 22.3 Å². The van der Waals surface area contributed by atoms with E-state index < -0.39 is 23.3 Å². The van der Waals surface area contributed by atoms with E-state index in [-0.39, 0.29) is 22.3 Å². The molecule has 22 heavy (non-hydrogen) atoms. The van der Waals surface area contributed by atoms with Gasteiger partial charge in [0.15, 0.2) is 23.3 Å². The molecule has 2 aromatic carbocycles. The average molecular weight is 310 g/mol. The third-order valence-electron chi connectivity index (χ3n) is 4.73. The van der Waals surface area contributed by atoms with Crippen LogP contribution in [0, 0.1) is 64.8 Å². The van der Waals surface area contributed by atoms with Gasteiger partial charge in [-0.25, -0.2) is 17.6 Å². The SMILES string of the molecule is Cc1c(C)c(F)c(F)c(-c2c(C)c(C)c(C)c(F)c2F)c1C. The lowest BCUT2D eigenvalue weighted by Gasteiger charge is -2.19. The molecule has 118 valence electrons. The van der Waals surface area contributed by atoms with Crippen LogP contribution in [0.5, 0.6) is 0 Å². The summed E-state index contributed by atoms with van der Waals surface area (Å²) in [5.41, 5.74) is 1.87. The first kappa shape index (κ1) is 16.5. The number of halogens is 4. The Balaban J connectivity index is 3.03. The van der Waals surface area contributed by atoms with E-state index in [0.717, 1.165) is 0 Å². The molecule has 0 saturated heterocycles. The molecule has 0 heterocycles. The molecular formula is C18H18F4. The van der Waals surface area contributed by atoms with Gasteiger partial charge < -0.3 is 0 Å². The normalized spacial score (nSPS) is 11.2. The highest BCUT2D eigenvalue weighted by atomic mass is 19.2. The topological polar surface area (TPSA) is 0 Å². The average Bonchev–Trinajstić information content (AvgIpc) is 2.50. The third kappa shape index (κ3) is 2.13. The lowest BCUT2D eigenvalue weighted by atomic mass is 9.87. The summed E-state index contributed by atoms with van der Waals surface area (Å²) in [6.45, 7) is 9.39. The minimum absolute atomic E-state index is 0.182. The summed E-state index contributed by atoms with van der Waals surface area (Å²) >= 11 is 0. The maximum atomic E-state index is 14.4. The van der Waals surface area contributed by atoms with Crippen molar-refractivity contribution in [3.8, 4) is 11.1 Å². The van der Waals surface area contributed by atoms with Crippen LogP contribution in [0.2, 0.25) is 0 Å². The summed E-state index contributed by atoms with van der Waals surface area (Å²) in [6.07, 6.45) is 0. The van der Waals surface area contributed by atoms with Crippen LogP contribution in [-0.4, -0.2) is 0 Å². The van der Waals surface area contributed by atoms with E-state index >= 15 is 0 Å². The maximum absolute atomic E-state index is 14.4. The molecule has 2 rings (SSSR count). The predicted octanol–water partition coefficient (Wildman–Crippen LogP) is 5.76. The van der Waals surface area contributed by atoms with Crippen LogP contribution < -0.4 is 0 Å². The van der Waals surface area contributed by atoms with Crippen molar-refractivity contribution in [3.63, 3.8) is 0 Å². The van der Waals surface area contributed by atoms with Crippen LogP contribution in [0.1, 0.15) is 33.4 Å². The monoisotopic (exact) mass is 310 g/mol. The summed E-state index contributed by atoms with van der Waals surface area (Å²) < 4.78 is 57.0. The first-order valence-electron chi connectivity index (χ1n) is 7.01. The van der Waals surface area contributed by atoms with Crippen molar-refractivity contribution in [1.29, 1.82) is 0 Å². The molecule has 0 saturated carbocycles. The molecule has 0 aliphatic heterocycles. The van der Waals surface area contributed by atoms with Crippen LogP contribution in [0.25, 0.3) is 11.1 Å². The molecular weight excluding hydrogens is 292 g/mol. The first-order chi connectivity index (χ1) is 10.1. The van der Waals surface area contributed by atoms with Crippen LogP contribution in [0.15, 0.2) is 0 Å². The Morgan fingerprint density at radius 3 is 0.909 bits per heavy atom. The highest BCUT2D eigenvalue weighted by Crippen LogP contribution is 2.39. The van der Waals surface area contributed by atoms with Gasteiger partial charge in [0.25, 0.3) is 0 Å². The van der Waals surface area contributed by atoms with E-state index in [1.165, 1.54) is 13.8 Å². The maximum Gasteiger partial charge on any atom is 0.167 e. The second-order valence-corrected chi connectivity index (χ2v) is 5.76. The highest BCUT2D eigenvalue weighted by molar-refractivity contribution is 5.75.